The van der Waals surface area contributed by atoms with Crippen LogP contribution in [0.1, 0.15) is 32.3 Å². The molecule has 2 rings (SSSR count). The van der Waals surface area contributed by atoms with Crippen molar-refractivity contribution in [1.29, 1.82) is 0 Å². The summed E-state index contributed by atoms with van der Waals surface area (Å²) in [6.07, 6.45) is 1.91. The second kappa shape index (κ2) is 6.24. The van der Waals surface area contributed by atoms with Gasteiger partial charge in [-0.15, -0.1) is 0 Å². The van der Waals surface area contributed by atoms with E-state index < -0.39 is 0 Å². The van der Waals surface area contributed by atoms with Crippen LogP contribution in [0.5, 0.6) is 11.5 Å². The van der Waals surface area contributed by atoms with Gasteiger partial charge in [0.25, 0.3) is 0 Å². The van der Waals surface area contributed by atoms with Gasteiger partial charge in [-0.3, -0.25) is 0 Å². The van der Waals surface area contributed by atoms with Crippen LogP contribution in [-0.4, -0.2) is 38.2 Å². The molecular weight excluding hydrogens is 268 g/mol. The fourth-order valence-electron chi connectivity index (χ4n) is 2.54. The number of nitrogens with zero attached hydrogens (tertiary/aromatic N) is 1. The maximum Gasteiger partial charge on any atom is 0.318 e. The number of benzene rings is 1. The van der Waals surface area contributed by atoms with Crippen molar-refractivity contribution in [2.75, 3.05) is 27.3 Å². The molecule has 1 aliphatic carbocycles. The number of urea groups is 1. The van der Waals surface area contributed by atoms with Crippen molar-refractivity contribution < 1.29 is 14.3 Å². The lowest BCUT2D eigenvalue weighted by Gasteiger charge is -2.25. The topological polar surface area (TPSA) is 50.8 Å². The van der Waals surface area contributed by atoms with Crippen LogP contribution in [0.15, 0.2) is 18.2 Å². The van der Waals surface area contributed by atoms with E-state index in [9.17, 15) is 4.79 Å². The Balaban J connectivity index is 2.19. The minimum Gasteiger partial charge on any atom is -0.493 e. The van der Waals surface area contributed by atoms with E-state index in [0.717, 1.165) is 18.4 Å². The van der Waals surface area contributed by atoms with Gasteiger partial charge in [0, 0.05) is 13.1 Å². The molecule has 1 saturated carbocycles. The number of methoxy groups -OCH3 is 2. The summed E-state index contributed by atoms with van der Waals surface area (Å²) in [5.74, 6) is 1.39. The zero-order chi connectivity index (χ0) is 15.5. The van der Waals surface area contributed by atoms with E-state index in [1.54, 1.807) is 19.1 Å². The second-order valence-electron chi connectivity index (χ2n) is 5.25. The van der Waals surface area contributed by atoms with Crippen LogP contribution in [-0.2, 0) is 5.54 Å². The number of carbonyl (C=O) groups excluding carboxylic acids is 1. The van der Waals surface area contributed by atoms with Crippen molar-refractivity contribution in [1.82, 2.24) is 10.2 Å². The zero-order valence-electron chi connectivity index (χ0n) is 13.2. The zero-order valence-corrected chi connectivity index (χ0v) is 13.2. The summed E-state index contributed by atoms with van der Waals surface area (Å²) >= 11 is 0. The molecule has 116 valence electrons. The normalized spacial score (nSPS) is 15.2. The Morgan fingerprint density at radius 2 is 1.81 bits per heavy atom. The Kier molecular flexibility index (Phi) is 4.60. The minimum absolute atomic E-state index is 0.00714. The molecule has 1 aromatic carbocycles. The average molecular weight is 292 g/mol. The predicted molar refractivity (Wildman–Crippen MR) is 81.9 cm³/mol. The van der Waals surface area contributed by atoms with Gasteiger partial charge in [0.2, 0.25) is 0 Å². The summed E-state index contributed by atoms with van der Waals surface area (Å²) in [5.41, 5.74) is 0.819. The third kappa shape index (κ3) is 3.06. The number of nitrogens with one attached hydrogen (secondary N) is 1. The van der Waals surface area contributed by atoms with Crippen LogP contribution in [0.4, 0.5) is 4.79 Å². The fourth-order valence-corrected chi connectivity index (χ4v) is 2.54. The van der Waals surface area contributed by atoms with Gasteiger partial charge < -0.3 is 19.7 Å². The van der Waals surface area contributed by atoms with Crippen molar-refractivity contribution >= 4 is 6.03 Å². The Morgan fingerprint density at radius 1 is 1.19 bits per heavy atom. The highest BCUT2D eigenvalue weighted by Crippen LogP contribution is 2.47. The highest BCUT2D eigenvalue weighted by atomic mass is 16.5. The summed E-state index contributed by atoms with van der Waals surface area (Å²) in [6, 6.07) is 5.83. The maximum atomic E-state index is 12.3. The largest absolute Gasteiger partial charge is 0.493 e. The van der Waals surface area contributed by atoms with E-state index in [4.69, 9.17) is 9.47 Å². The molecule has 0 bridgehead atoms. The van der Waals surface area contributed by atoms with Crippen LogP contribution < -0.4 is 14.8 Å². The quantitative estimate of drug-likeness (QED) is 0.877. The van der Waals surface area contributed by atoms with E-state index in [2.05, 4.69) is 5.32 Å². The smallest absolute Gasteiger partial charge is 0.318 e. The van der Waals surface area contributed by atoms with Gasteiger partial charge in [-0.1, -0.05) is 6.07 Å². The van der Waals surface area contributed by atoms with E-state index in [0.29, 0.717) is 24.6 Å². The summed E-state index contributed by atoms with van der Waals surface area (Å²) in [7, 11) is 3.24. The molecule has 2 amide bonds. The molecule has 1 N–H and O–H groups in total. The Bertz CT molecular complexity index is 508. The fraction of sp³-hybridized carbons (Fsp3) is 0.562. The summed E-state index contributed by atoms with van der Waals surface area (Å²) in [4.78, 5) is 14.1. The molecule has 0 radical (unpaired) electrons. The first kappa shape index (κ1) is 15.5. The molecule has 5 nitrogen and oxygen atoms in total. The van der Waals surface area contributed by atoms with Gasteiger partial charge in [-0.2, -0.15) is 0 Å². The molecule has 0 heterocycles. The number of ether oxygens (including phenoxy) is 2. The molecule has 1 fully saturated rings. The third-order valence-electron chi connectivity index (χ3n) is 4.08. The Labute approximate surface area is 126 Å². The van der Waals surface area contributed by atoms with Gasteiger partial charge in [-0.25, -0.2) is 4.79 Å². The van der Waals surface area contributed by atoms with E-state index in [-0.39, 0.29) is 11.6 Å². The van der Waals surface area contributed by atoms with Gasteiger partial charge in [0.1, 0.15) is 0 Å². The molecule has 0 aromatic heterocycles. The Hall–Kier alpha value is -1.91. The molecule has 0 aliphatic heterocycles. The summed E-state index contributed by atoms with van der Waals surface area (Å²) in [6.45, 7) is 5.40. The minimum atomic E-state index is -0.251. The Morgan fingerprint density at radius 3 is 2.29 bits per heavy atom. The number of rotatable bonds is 6. The lowest BCUT2D eigenvalue weighted by atomic mass is 10.0. The lowest BCUT2D eigenvalue weighted by Crippen LogP contribution is -2.44. The molecule has 0 spiro atoms. The number of hydrogen-bond acceptors (Lipinski definition) is 3. The summed E-state index contributed by atoms with van der Waals surface area (Å²) in [5, 5.41) is 3.17. The van der Waals surface area contributed by atoms with Gasteiger partial charge >= 0.3 is 6.03 Å². The summed E-state index contributed by atoms with van der Waals surface area (Å²) < 4.78 is 10.6. The molecule has 0 atom stereocenters. The van der Waals surface area contributed by atoms with Gasteiger partial charge in [-0.05, 0) is 44.4 Å². The first-order chi connectivity index (χ1) is 10.1. The van der Waals surface area contributed by atoms with E-state index >= 15 is 0 Å². The second-order valence-corrected chi connectivity index (χ2v) is 5.25. The van der Waals surface area contributed by atoms with Crippen molar-refractivity contribution in [3.05, 3.63) is 23.8 Å². The molecular formula is C16H24N2O3. The lowest BCUT2D eigenvalue weighted by molar-refractivity contribution is 0.197. The van der Waals surface area contributed by atoms with Crippen LogP contribution in [0.3, 0.4) is 0 Å². The maximum absolute atomic E-state index is 12.3. The SMILES string of the molecule is CCN(CC)C(=O)NC1(c2ccc(OC)c(OC)c2)CC1. The van der Waals surface area contributed by atoms with E-state index in [1.807, 2.05) is 32.0 Å². The predicted octanol–water partition coefficient (Wildman–Crippen LogP) is 2.74. The average Bonchev–Trinajstić information content (AvgIpc) is 3.28. The monoisotopic (exact) mass is 292 g/mol. The molecule has 0 saturated heterocycles. The van der Waals surface area contributed by atoms with Crippen LogP contribution >= 0.6 is 0 Å². The highest BCUT2D eigenvalue weighted by Gasteiger charge is 2.46. The van der Waals surface area contributed by atoms with Crippen molar-refractivity contribution in [2.45, 2.75) is 32.2 Å². The highest BCUT2D eigenvalue weighted by molar-refractivity contribution is 5.76. The van der Waals surface area contributed by atoms with Gasteiger partial charge in [0.15, 0.2) is 11.5 Å². The van der Waals surface area contributed by atoms with Crippen LogP contribution in [0, 0.1) is 0 Å². The third-order valence-corrected chi connectivity index (χ3v) is 4.08. The first-order valence-electron chi connectivity index (χ1n) is 7.39. The van der Waals surface area contributed by atoms with Gasteiger partial charge in [0.05, 0.1) is 19.8 Å². The standard InChI is InChI=1S/C16H24N2O3/c1-5-18(6-2)15(19)17-16(9-10-16)12-7-8-13(20-3)14(11-12)21-4/h7-8,11H,5-6,9-10H2,1-4H3,(H,17,19). The van der Waals surface area contributed by atoms with E-state index in [1.165, 1.54) is 0 Å². The van der Waals surface area contributed by atoms with Crippen LogP contribution in [0.2, 0.25) is 0 Å². The molecule has 1 aliphatic rings. The van der Waals surface area contributed by atoms with Crippen molar-refractivity contribution in [2.24, 2.45) is 0 Å². The first-order valence-corrected chi connectivity index (χ1v) is 7.39. The van der Waals surface area contributed by atoms with Crippen molar-refractivity contribution in [3.8, 4) is 11.5 Å². The molecule has 1 aromatic rings. The van der Waals surface area contributed by atoms with Crippen molar-refractivity contribution in [3.63, 3.8) is 0 Å². The number of amides is 2. The van der Waals surface area contributed by atoms with Crippen LogP contribution in [0.25, 0.3) is 0 Å². The molecule has 0 unspecified atom stereocenters. The molecule has 5 heteroatoms. The number of carbonyl (C=O) groups is 1. The number of hydrogen-bond donors (Lipinski definition) is 1. The molecule has 21 heavy (non-hydrogen) atoms.